The van der Waals surface area contributed by atoms with Gasteiger partial charge in [0.05, 0.1) is 0 Å². The smallest absolute Gasteiger partial charge is 0.0145 e. The molecule has 0 heterocycles. The quantitative estimate of drug-likeness (QED) is 0.783. The van der Waals surface area contributed by atoms with Crippen LogP contribution in [0.2, 0.25) is 0 Å². The molecule has 1 N–H and O–H groups in total. The van der Waals surface area contributed by atoms with Gasteiger partial charge in [-0.05, 0) is 42.1 Å². The highest BCUT2D eigenvalue weighted by atomic mass is 14.9. The third-order valence-corrected chi connectivity index (χ3v) is 3.67. The highest BCUT2D eigenvalue weighted by Crippen LogP contribution is 2.31. The first kappa shape index (κ1) is 10.5. The fourth-order valence-corrected chi connectivity index (χ4v) is 2.73. The standard InChI is InChI=1S/C16H17N/c1-17-14-10-12-6-2-4-8-15(12)16-9-5-3-7-13(16)11-14/h2-9,14,17H,10-11H2,1H3. The van der Waals surface area contributed by atoms with Crippen molar-refractivity contribution in [3.8, 4) is 11.1 Å². The number of fused-ring (bicyclic) bond motifs is 3. The first-order valence-electron chi connectivity index (χ1n) is 6.22. The lowest BCUT2D eigenvalue weighted by Gasteiger charge is -2.13. The third-order valence-electron chi connectivity index (χ3n) is 3.67. The first-order valence-corrected chi connectivity index (χ1v) is 6.22. The Bertz CT molecular complexity index is 483. The summed E-state index contributed by atoms with van der Waals surface area (Å²) < 4.78 is 0. The normalized spacial score (nSPS) is 14.9. The van der Waals surface area contributed by atoms with E-state index in [1.54, 1.807) is 0 Å². The van der Waals surface area contributed by atoms with Gasteiger partial charge in [0.2, 0.25) is 0 Å². The van der Waals surface area contributed by atoms with Gasteiger partial charge in [-0.15, -0.1) is 0 Å². The van der Waals surface area contributed by atoms with E-state index in [1.165, 1.54) is 22.3 Å². The summed E-state index contributed by atoms with van der Waals surface area (Å²) in [5.74, 6) is 0. The molecule has 2 aromatic rings. The van der Waals surface area contributed by atoms with E-state index in [2.05, 4.69) is 60.9 Å². The summed E-state index contributed by atoms with van der Waals surface area (Å²) in [5, 5.41) is 3.43. The van der Waals surface area contributed by atoms with Gasteiger partial charge in [-0.25, -0.2) is 0 Å². The number of hydrogen-bond donors (Lipinski definition) is 1. The minimum atomic E-state index is 0.541. The summed E-state index contributed by atoms with van der Waals surface area (Å²) in [6.07, 6.45) is 2.22. The fraction of sp³-hybridized carbons (Fsp3) is 0.250. The Morgan fingerprint density at radius 3 is 1.76 bits per heavy atom. The molecule has 0 amide bonds. The lowest BCUT2D eigenvalue weighted by molar-refractivity contribution is 0.561. The summed E-state index contributed by atoms with van der Waals surface area (Å²) in [6, 6.07) is 18.1. The van der Waals surface area contributed by atoms with E-state index < -0.39 is 0 Å². The van der Waals surface area contributed by atoms with Crippen molar-refractivity contribution in [2.45, 2.75) is 18.9 Å². The van der Waals surface area contributed by atoms with E-state index in [9.17, 15) is 0 Å². The van der Waals surface area contributed by atoms with Gasteiger partial charge in [-0.1, -0.05) is 48.5 Å². The monoisotopic (exact) mass is 223 g/mol. The molecule has 1 heteroatoms. The van der Waals surface area contributed by atoms with E-state index >= 15 is 0 Å². The summed E-state index contributed by atoms with van der Waals surface area (Å²) in [6.45, 7) is 0. The Kier molecular flexibility index (Phi) is 2.69. The molecule has 0 fully saturated rings. The molecule has 0 unspecified atom stereocenters. The van der Waals surface area contributed by atoms with Crippen LogP contribution in [0.15, 0.2) is 48.5 Å². The summed E-state index contributed by atoms with van der Waals surface area (Å²) in [4.78, 5) is 0. The maximum Gasteiger partial charge on any atom is 0.0145 e. The molecule has 0 spiro atoms. The van der Waals surface area contributed by atoms with E-state index in [0.29, 0.717) is 6.04 Å². The van der Waals surface area contributed by atoms with Crippen LogP contribution < -0.4 is 5.32 Å². The second-order valence-electron chi connectivity index (χ2n) is 4.71. The van der Waals surface area contributed by atoms with Crippen molar-refractivity contribution in [2.24, 2.45) is 0 Å². The zero-order chi connectivity index (χ0) is 11.7. The molecular weight excluding hydrogens is 206 g/mol. The predicted molar refractivity (Wildman–Crippen MR) is 72.1 cm³/mol. The van der Waals surface area contributed by atoms with Gasteiger partial charge in [0.15, 0.2) is 0 Å². The largest absolute Gasteiger partial charge is 0.316 e. The summed E-state index contributed by atoms with van der Waals surface area (Å²) in [5.41, 5.74) is 5.72. The number of likely N-dealkylation sites (N-methyl/N-ethyl adjacent to an activating group) is 1. The zero-order valence-corrected chi connectivity index (χ0v) is 10.1. The minimum absolute atomic E-state index is 0.541. The third kappa shape index (κ3) is 1.87. The summed E-state index contributed by atoms with van der Waals surface area (Å²) in [7, 11) is 2.06. The second-order valence-corrected chi connectivity index (χ2v) is 4.71. The van der Waals surface area contributed by atoms with Gasteiger partial charge < -0.3 is 5.32 Å². The van der Waals surface area contributed by atoms with Crippen LogP contribution in [-0.2, 0) is 12.8 Å². The van der Waals surface area contributed by atoms with E-state index in [1.807, 2.05) is 0 Å². The molecule has 86 valence electrons. The molecule has 0 saturated heterocycles. The molecule has 0 aliphatic heterocycles. The van der Waals surface area contributed by atoms with Gasteiger partial charge in [0.25, 0.3) is 0 Å². The molecule has 0 atom stereocenters. The molecule has 1 aliphatic carbocycles. The van der Waals surface area contributed by atoms with Crippen LogP contribution in [0.1, 0.15) is 11.1 Å². The molecule has 1 nitrogen and oxygen atoms in total. The van der Waals surface area contributed by atoms with Gasteiger partial charge in [-0.3, -0.25) is 0 Å². The van der Waals surface area contributed by atoms with Crippen molar-refractivity contribution in [3.63, 3.8) is 0 Å². The van der Waals surface area contributed by atoms with E-state index in [4.69, 9.17) is 0 Å². The number of nitrogens with one attached hydrogen (secondary N) is 1. The van der Waals surface area contributed by atoms with Crippen LogP contribution >= 0.6 is 0 Å². The van der Waals surface area contributed by atoms with Gasteiger partial charge in [0.1, 0.15) is 0 Å². The van der Waals surface area contributed by atoms with Crippen LogP contribution in [0.4, 0.5) is 0 Å². The van der Waals surface area contributed by atoms with Crippen LogP contribution in [0, 0.1) is 0 Å². The zero-order valence-electron chi connectivity index (χ0n) is 10.1. The SMILES string of the molecule is CNC1Cc2ccccc2-c2ccccc2C1. The Morgan fingerprint density at radius 2 is 1.29 bits per heavy atom. The highest BCUT2D eigenvalue weighted by molar-refractivity contribution is 5.71. The number of rotatable bonds is 1. The van der Waals surface area contributed by atoms with Crippen molar-refractivity contribution in [1.82, 2.24) is 5.32 Å². The van der Waals surface area contributed by atoms with Crippen LogP contribution in [0.3, 0.4) is 0 Å². The van der Waals surface area contributed by atoms with Gasteiger partial charge in [-0.2, -0.15) is 0 Å². The molecule has 0 bridgehead atoms. The summed E-state index contributed by atoms with van der Waals surface area (Å²) >= 11 is 0. The lowest BCUT2D eigenvalue weighted by Crippen LogP contribution is -2.29. The maximum absolute atomic E-state index is 3.43. The molecule has 0 radical (unpaired) electrons. The predicted octanol–water partition coefficient (Wildman–Crippen LogP) is 3.04. The van der Waals surface area contributed by atoms with Crippen molar-refractivity contribution in [2.75, 3.05) is 7.05 Å². The molecule has 3 rings (SSSR count). The first-order chi connectivity index (χ1) is 8.38. The van der Waals surface area contributed by atoms with Crippen molar-refractivity contribution in [3.05, 3.63) is 59.7 Å². The van der Waals surface area contributed by atoms with Crippen LogP contribution in [0.5, 0.6) is 0 Å². The molecule has 1 aliphatic rings. The molecule has 0 saturated carbocycles. The van der Waals surface area contributed by atoms with Crippen molar-refractivity contribution in [1.29, 1.82) is 0 Å². The highest BCUT2D eigenvalue weighted by Gasteiger charge is 2.18. The van der Waals surface area contributed by atoms with Crippen molar-refractivity contribution < 1.29 is 0 Å². The minimum Gasteiger partial charge on any atom is -0.316 e. The average molecular weight is 223 g/mol. The topological polar surface area (TPSA) is 12.0 Å². The molecular formula is C16H17N. The van der Waals surface area contributed by atoms with E-state index in [-0.39, 0.29) is 0 Å². The molecule has 0 aromatic heterocycles. The lowest BCUT2D eigenvalue weighted by atomic mass is 9.97. The second kappa shape index (κ2) is 4.34. The maximum atomic E-state index is 3.43. The number of hydrogen-bond acceptors (Lipinski definition) is 1. The van der Waals surface area contributed by atoms with Gasteiger partial charge in [0, 0.05) is 6.04 Å². The van der Waals surface area contributed by atoms with Gasteiger partial charge >= 0.3 is 0 Å². The molecule has 17 heavy (non-hydrogen) atoms. The Hall–Kier alpha value is -1.60. The van der Waals surface area contributed by atoms with E-state index in [0.717, 1.165) is 12.8 Å². The average Bonchev–Trinajstić information content (AvgIpc) is 2.55. The van der Waals surface area contributed by atoms with Crippen LogP contribution in [-0.4, -0.2) is 13.1 Å². The Balaban J connectivity index is 2.20. The molecule has 2 aromatic carbocycles. The van der Waals surface area contributed by atoms with Crippen molar-refractivity contribution >= 4 is 0 Å². The Labute approximate surface area is 102 Å². The number of benzene rings is 2. The fourth-order valence-electron chi connectivity index (χ4n) is 2.73. The Morgan fingerprint density at radius 1 is 0.824 bits per heavy atom. The van der Waals surface area contributed by atoms with Crippen LogP contribution in [0.25, 0.3) is 11.1 Å².